The van der Waals surface area contributed by atoms with Crippen molar-refractivity contribution in [2.45, 2.75) is 27.7 Å². The third kappa shape index (κ3) is 3.20. The maximum absolute atomic E-state index is 11.8. The molecule has 1 rings (SSSR count). The average molecular weight is 241 g/mol. The Hall–Kier alpha value is -1.09. The van der Waals surface area contributed by atoms with E-state index < -0.39 is 0 Å². The second-order valence-electron chi connectivity index (χ2n) is 4.37. The Morgan fingerprint density at radius 1 is 1.44 bits per heavy atom. The second-order valence-corrected chi connectivity index (χ2v) is 4.73. The van der Waals surface area contributed by atoms with Crippen molar-refractivity contribution in [1.29, 1.82) is 0 Å². The number of carbonyl (C=O) groups is 1. The molecule has 0 spiro atoms. The first-order valence-corrected chi connectivity index (χ1v) is 5.72. The van der Waals surface area contributed by atoms with Crippen molar-refractivity contribution in [3.63, 3.8) is 0 Å². The largest absolute Gasteiger partial charge is 0.323 e. The van der Waals surface area contributed by atoms with Gasteiger partial charge in [0.05, 0.1) is 5.69 Å². The summed E-state index contributed by atoms with van der Waals surface area (Å²) in [5.41, 5.74) is 1.55. The molecule has 16 heavy (non-hydrogen) atoms. The lowest BCUT2D eigenvalue weighted by Gasteiger charge is -2.15. The van der Waals surface area contributed by atoms with Crippen LogP contribution in [0.4, 0.5) is 5.69 Å². The van der Waals surface area contributed by atoms with E-state index in [1.165, 1.54) is 0 Å². The zero-order valence-corrected chi connectivity index (χ0v) is 10.8. The summed E-state index contributed by atoms with van der Waals surface area (Å²) in [6.45, 7) is 7.84. The van der Waals surface area contributed by atoms with Crippen LogP contribution in [0.3, 0.4) is 0 Å². The summed E-state index contributed by atoms with van der Waals surface area (Å²) in [6, 6.07) is 1.82. The molecule has 88 valence electrons. The summed E-state index contributed by atoms with van der Waals surface area (Å²) >= 11 is 5.90. The third-order valence-electron chi connectivity index (χ3n) is 2.65. The van der Waals surface area contributed by atoms with Gasteiger partial charge < -0.3 is 5.32 Å². The maximum atomic E-state index is 11.8. The summed E-state index contributed by atoms with van der Waals surface area (Å²) in [4.78, 5) is 15.8. The van der Waals surface area contributed by atoms with Gasteiger partial charge in [0.2, 0.25) is 5.91 Å². The van der Waals surface area contributed by atoms with Gasteiger partial charge in [0, 0.05) is 12.1 Å². The second kappa shape index (κ2) is 5.30. The van der Waals surface area contributed by atoms with Gasteiger partial charge in [-0.25, -0.2) is 4.98 Å². The number of carbonyl (C=O) groups excluding carboxylic acids is 1. The van der Waals surface area contributed by atoms with Crippen molar-refractivity contribution in [3.8, 4) is 0 Å². The van der Waals surface area contributed by atoms with E-state index in [4.69, 9.17) is 11.6 Å². The molecule has 4 heteroatoms. The average Bonchev–Trinajstić information content (AvgIpc) is 2.22. The number of nitrogens with zero attached hydrogens (tertiary/aromatic N) is 1. The molecule has 1 unspecified atom stereocenters. The molecule has 1 aromatic heterocycles. The van der Waals surface area contributed by atoms with Crippen LogP contribution in [0.1, 0.15) is 26.3 Å². The summed E-state index contributed by atoms with van der Waals surface area (Å²) in [6.07, 6.45) is 1.67. The zero-order valence-electron chi connectivity index (χ0n) is 10.0. The molecule has 3 nitrogen and oxygen atoms in total. The van der Waals surface area contributed by atoms with Crippen LogP contribution in [-0.4, -0.2) is 10.9 Å². The Morgan fingerprint density at radius 2 is 2.06 bits per heavy atom. The number of aryl methyl sites for hydroxylation is 1. The number of hydrogen-bond acceptors (Lipinski definition) is 2. The minimum absolute atomic E-state index is 0.0238. The van der Waals surface area contributed by atoms with Gasteiger partial charge in [-0.2, -0.15) is 0 Å². The van der Waals surface area contributed by atoms with Crippen molar-refractivity contribution in [2.24, 2.45) is 11.8 Å². The highest BCUT2D eigenvalue weighted by Gasteiger charge is 2.17. The minimum atomic E-state index is -0.0448. The summed E-state index contributed by atoms with van der Waals surface area (Å²) in [5, 5.41) is 3.13. The van der Waals surface area contributed by atoms with E-state index >= 15 is 0 Å². The molecule has 1 amide bonds. The minimum Gasteiger partial charge on any atom is -0.323 e. The number of nitrogens with one attached hydrogen (secondary N) is 1. The fraction of sp³-hybridized carbons (Fsp3) is 0.500. The van der Waals surface area contributed by atoms with Crippen molar-refractivity contribution in [2.75, 3.05) is 5.32 Å². The van der Waals surface area contributed by atoms with Crippen LogP contribution in [0.15, 0.2) is 12.3 Å². The molecular weight excluding hydrogens is 224 g/mol. The number of anilines is 1. The van der Waals surface area contributed by atoms with Gasteiger partial charge in [-0.3, -0.25) is 4.79 Å². The monoisotopic (exact) mass is 240 g/mol. The third-order valence-corrected chi connectivity index (χ3v) is 2.95. The van der Waals surface area contributed by atoms with Gasteiger partial charge in [0.25, 0.3) is 0 Å². The smallest absolute Gasteiger partial charge is 0.227 e. The molecule has 1 N–H and O–H groups in total. The van der Waals surface area contributed by atoms with Crippen LogP contribution in [0, 0.1) is 18.8 Å². The molecule has 0 saturated heterocycles. The van der Waals surface area contributed by atoms with Crippen LogP contribution in [0.5, 0.6) is 0 Å². The molecule has 0 radical (unpaired) electrons. The first-order valence-electron chi connectivity index (χ1n) is 5.34. The van der Waals surface area contributed by atoms with E-state index in [0.29, 0.717) is 16.8 Å². The maximum Gasteiger partial charge on any atom is 0.227 e. The molecule has 0 aliphatic heterocycles. The summed E-state index contributed by atoms with van der Waals surface area (Å²) in [5.74, 6) is 0.234. The standard InChI is InChI=1S/C12H17ClN2O/c1-7(2)9(4)12(16)15-10-5-8(3)6-14-11(10)13/h5-7,9H,1-4H3,(H,15,16). The molecule has 0 bridgehead atoms. The van der Waals surface area contributed by atoms with Crippen molar-refractivity contribution < 1.29 is 4.79 Å². The first kappa shape index (κ1) is 13.0. The highest BCUT2D eigenvalue weighted by molar-refractivity contribution is 6.32. The number of halogens is 1. The predicted molar refractivity (Wildman–Crippen MR) is 66.6 cm³/mol. The van der Waals surface area contributed by atoms with Crippen molar-refractivity contribution >= 4 is 23.2 Å². The van der Waals surface area contributed by atoms with Crippen LogP contribution in [0.25, 0.3) is 0 Å². The van der Waals surface area contributed by atoms with Gasteiger partial charge in [-0.1, -0.05) is 32.4 Å². The molecule has 0 fully saturated rings. The van der Waals surface area contributed by atoms with E-state index in [9.17, 15) is 4.79 Å². The van der Waals surface area contributed by atoms with E-state index in [-0.39, 0.29) is 11.8 Å². The summed E-state index contributed by atoms with van der Waals surface area (Å²) in [7, 11) is 0. The van der Waals surface area contributed by atoms with Crippen LogP contribution < -0.4 is 5.32 Å². The highest BCUT2D eigenvalue weighted by Crippen LogP contribution is 2.21. The van der Waals surface area contributed by atoms with Crippen LogP contribution in [0.2, 0.25) is 5.15 Å². The lowest BCUT2D eigenvalue weighted by Crippen LogP contribution is -2.24. The molecule has 0 saturated carbocycles. The van der Waals surface area contributed by atoms with Gasteiger partial charge >= 0.3 is 0 Å². The van der Waals surface area contributed by atoms with Crippen LogP contribution in [-0.2, 0) is 4.79 Å². The molecule has 0 aromatic carbocycles. The molecule has 0 aliphatic carbocycles. The summed E-state index contributed by atoms with van der Waals surface area (Å²) < 4.78 is 0. The van der Waals surface area contributed by atoms with Gasteiger partial charge in [-0.05, 0) is 24.5 Å². The van der Waals surface area contributed by atoms with Crippen LogP contribution >= 0.6 is 11.6 Å². The molecular formula is C12H17ClN2O. The van der Waals surface area contributed by atoms with E-state index in [1.807, 2.05) is 33.8 Å². The fourth-order valence-electron chi connectivity index (χ4n) is 1.19. The SMILES string of the molecule is Cc1cnc(Cl)c(NC(=O)C(C)C(C)C)c1. The Kier molecular flexibility index (Phi) is 4.30. The quantitative estimate of drug-likeness (QED) is 0.824. The molecule has 1 heterocycles. The predicted octanol–water partition coefficient (Wildman–Crippen LogP) is 3.27. The zero-order chi connectivity index (χ0) is 12.3. The number of aromatic nitrogens is 1. The number of amides is 1. The van der Waals surface area contributed by atoms with Gasteiger partial charge in [-0.15, -0.1) is 0 Å². The normalized spacial score (nSPS) is 12.6. The Labute approximate surface area is 101 Å². The fourth-order valence-corrected chi connectivity index (χ4v) is 1.34. The lowest BCUT2D eigenvalue weighted by molar-refractivity contribution is -0.120. The van der Waals surface area contributed by atoms with Crippen molar-refractivity contribution in [3.05, 3.63) is 23.0 Å². The number of rotatable bonds is 3. The van der Waals surface area contributed by atoms with E-state index in [1.54, 1.807) is 6.20 Å². The van der Waals surface area contributed by atoms with Gasteiger partial charge in [0.15, 0.2) is 5.15 Å². The van der Waals surface area contributed by atoms with E-state index in [0.717, 1.165) is 5.56 Å². The first-order chi connectivity index (χ1) is 7.41. The molecule has 1 atom stereocenters. The number of hydrogen-bond donors (Lipinski definition) is 1. The number of pyridine rings is 1. The topological polar surface area (TPSA) is 42.0 Å². The highest BCUT2D eigenvalue weighted by atomic mass is 35.5. The Balaban J connectivity index is 2.80. The molecule has 1 aromatic rings. The van der Waals surface area contributed by atoms with E-state index in [2.05, 4.69) is 10.3 Å². The Bertz CT molecular complexity index is 391. The van der Waals surface area contributed by atoms with Crippen molar-refractivity contribution in [1.82, 2.24) is 4.98 Å². The molecule has 0 aliphatic rings. The van der Waals surface area contributed by atoms with Gasteiger partial charge in [0.1, 0.15) is 0 Å². The Morgan fingerprint density at radius 3 is 2.62 bits per heavy atom. The lowest BCUT2D eigenvalue weighted by atomic mass is 9.97.